The molecule has 0 spiro atoms. The molecule has 9 nitrogen and oxygen atoms in total. The van der Waals surface area contributed by atoms with E-state index in [-0.39, 0.29) is 27.1 Å². The van der Waals surface area contributed by atoms with Gasteiger partial charge in [0.15, 0.2) is 0 Å². The maximum absolute atomic E-state index is 13.5. The van der Waals surface area contributed by atoms with E-state index in [0.29, 0.717) is 5.69 Å². The molecule has 188 valence electrons. The molecule has 0 heterocycles. The van der Waals surface area contributed by atoms with Crippen LogP contribution < -0.4 is 9.73 Å². The summed E-state index contributed by atoms with van der Waals surface area (Å²) in [6.45, 7) is 5.35. The molecule has 1 N–H and O–H groups in total. The number of rotatable bonds is 9. The number of carbonyl (C=O) groups is 1. The zero-order valence-electron chi connectivity index (χ0n) is 19.9. The minimum Gasteiger partial charge on any atom is -0.271 e. The van der Waals surface area contributed by atoms with Gasteiger partial charge in [-0.3, -0.25) is 19.2 Å². The zero-order valence-corrected chi connectivity index (χ0v) is 21.5. The molecule has 0 aromatic heterocycles. The summed E-state index contributed by atoms with van der Waals surface area (Å²) in [5.74, 6) is -0.462. The van der Waals surface area contributed by atoms with Gasteiger partial charge in [-0.2, -0.15) is 5.10 Å². The Morgan fingerprint density at radius 2 is 1.75 bits per heavy atom. The highest BCUT2D eigenvalue weighted by atomic mass is 35.5. The fourth-order valence-corrected chi connectivity index (χ4v) is 4.85. The number of halogens is 1. The quantitative estimate of drug-likeness (QED) is 0.237. The van der Waals surface area contributed by atoms with Crippen LogP contribution in [0, 0.1) is 17.0 Å². The third-order valence-corrected chi connectivity index (χ3v) is 7.46. The molecule has 0 atom stereocenters. The van der Waals surface area contributed by atoms with Crippen molar-refractivity contribution in [3.8, 4) is 0 Å². The van der Waals surface area contributed by atoms with Crippen LogP contribution >= 0.6 is 11.6 Å². The number of nitro groups is 1. The van der Waals surface area contributed by atoms with Gasteiger partial charge >= 0.3 is 0 Å². The van der Waals surface area contributed by atoms with E-state index in [1.807, 2.05) is 32.9 Å². The lowest BCUT2D eigenvalue weighted by atomic mass is 10.0. The molecule has 0 aliphatic rings. The van der Waals surface area contributed by atoms with Gasteiger partial charge in [-0.25, -0.2) is 13.8 Å². The van der Waals surface area contributed by atoms with Crippen molar-refractivity contribution in [1.82, 2.24) is 5.43 Å². The number of hydrazone groups is 1. The number of nitro benzene ring substituents is 1. The molecule has 36 heavy (non-hydrogen) atoms. The molecule has 0 fully saturated rings. The van der Waals surface area contributed by atoms with Gasteiger partial charge in [0.1, 0.15) is 6.54 Å². The predicted molar refractivity (Wildman–Crippen MR) is 140 cm³/mol. The predicted octanol–water partition coefficient (Wildman–Crippen LogP) is 5.03. The van der Waals surface area contributed by atoms with E-state index >= 15 is 0 Å². The van der Waals surface area contributed by atoms with E-state index in [9.17, 15) is 23.3 Å². The number of anilines is 1. The number of nitrogens with zero attached hydrogens (tertiary/aromatic N) is 3. The molecule has 3 aromatic rings. The first-order valence-electron chi connectivity index (χ1n) is 10.9. The van der Waals surface area contributed by atoms with Crippen molar-refractivity contribution in [1.29, 1.82) is 0 Å². The van der Waals surface area contributed by atoms with Gasteiger partial charge < -0.3 is 0 Å². The molecule has 0 unspecified atom stereocenters. The number of sulfonamides is 1. The van der Waals surface area contributed by atoms with Gasteiger partial charge in [0.2, 0.25) is 0 Å². The van der Waals surface area contributed by atoms with Crippen molar-refractivity contribution in [3.63, 3.8) is 0 Å². The summed E-state index contributed by atoms with van der Waals surface area (Å²) in [5, 5.41) is 15.0. The van der Waals surface area contributed by atoms with Crippen LogP contribution in [0.2, 0.25) is 5.02 Å². The molecule has 11 heteroatoms. The lowest BCUT2D eigenvalue weighted by Gasteiger charge is -2.24. The molecule has 3 aromatic carbocycles. The topological polar surface area (TPSA) is 122 Å². The second-order valence-corrected chi connectivity index (χ2v) is 10.6. The monoisotopic (exact) mass is 528 g/mol. The van der Waals surface area contributed by atoms with Gasteiger partial charge in [0.25, 0.3) is 21.6 Å². The lowest BCUT2D eigenvalue weighted by molar-refractivity contribution is -0.384. The first kappa shape index (κ1) is 26.8. The van der Waals surface area contributed by atoms with E-state index in [1.54, 1.807) is 24.3 Å². The van der Waals surface area contributed by atoms with Crippen molar-refractivity contribution in [2.45, 2.75) is 31.6 Å². The molecular weight excluding hydrogens is 504 g/mol. The van der Waals surface area contributed by atoms with Crippen LogP contribution in [-0.4, -0.2) is 32.0 Å². The van der Waals surface area contributed by atoms with Crippen LogP contribution in [0.4, 0.5) is 11.4 Å². The third-order valence-electron chi connectivity index (χ3n) is 5.33. The van der Waals surface area contributed by atoms with E-state index in [2.05, 4.69) is 10.5 Å². The van der Waals surface area contributed by atoms with Gasteiger partial charge in [0.05, 0.1) is 21.7 Å². The Morgan fingerprint density at radius 3 is 2.33 bits per heavy atom. The van der Waals surface area contributed by atoms with Crippen LogP contribution in [-0.2, 0) is 14.8 Å². The Bertz CT molecular complexity index is 1390. The molecule has 1 amide bonds. The normalized spacial score (nSPS) is 11.6. The van der Waals surface area contributed by atoms with Crippen molar-refractivity contribution in [3.05, 3.63) is 98.6 Å². The van der Waals surface area contributed by atoms with Crippen LogP contribution in [0.1, 0.15) is 36.5 Å². The number of carbonyl (C=O) groups excluding carboxylic acids is 1. The van der Waals surface area contributed by atoms with Crippen molar-refractivity contribution >= 4 is 45.1 Å². The van der Waals surface area contributed by atoms with Gasteiger partial charge in [0, 0.05) is 22.7 Å². The van der Waals surface area contributed by atoms with Crippen LogP contribution in [0.5, 0.6) is 0 Å². The Hall–Kier alpha value is -3.76. The maximum Gasteiger partial charge on any atom is 0.270 e. The minimum absolute atomic E-state index is 0.0423. The Labute approximate surface area is 214 Å². The summed E-state index contributed by atoms with van der Waals surface area (Å²) in [4.78, 5) is 23.2. The van der Waals surface area contributed by atoms with Gasteiger partial charge in [-0.05, 0) is 48.7 Å². The average Bonchev–Trinajstić information content (AvgIpc) is 2.83. The lowest BCUT2D eigenvalue weighted by Crippen LogP contribution is -2.39. The van der Waals surface area contributed by atoms with Crippen molar-refractivity contribution in [2.75, 3.05) is 10.8 Å². The summed E-state index contributed by atoms with van der Waals surface area (Å²) >= 11 is 6.04. The van der Waals surface area contributed by atoms with Crippen LogP contribution in [0.15, 0.2) is 76.7 Å². The van der Waals surface area contributed by atoms with E-state index in [1.165, 1.54) is 30.3 Å². The van der Waals surface area contributed by atoms with E-state index in [4.69, 9.17) is 11.6 Å². The highest BCUT2D eigenvalue weighted by Gasteiger charge is 2.27. The maximum atomic E-state index is 13.5. The third kappa shape index (κ3) is 6.46. The Morgan fingerprint density at radius 1 is 1.11 bits per heavy atom. The molecule has 0 saturated carbocycles. The second kappa shape index (κ2) is 11.3. The second-order valence-electron chi connectivity index (χ2n) is 8.33. The number of amides is 1. The first-order valence-corrected chi connectivity index (χ1v) is 12.8. The summed E-state index contributed by atoms with van der Waals surface area (Å²) in [6.07, 6.45) is 1.16. The standard InChI is InChI=1S/C25H25ClN4O5S/c1-17(2)19-6-8-21(9-7-19)29(36(34,35)23-11-4-18(3)5-12-23)16-25(31)28-27-15-20-14-22(30(32)33)10-13-24(20)26/h4-15,17H,16H2,1-3H3,(H,28,31)/b27-15-. The van der Waals surface area contributed by atoms with Crippen LogP contribution in [0.25, 0.3) is 0 Å². The SMILES string of the molecule is Cc1ccc(S(=O)(=O)N(CC(=O)N/N=C\c2cc([N+](=O)[O-])ccc2Cl)c2ccc(C(C)C)cc2)cc1. The van der Waals surface area contributed by atoms with Gasteiger partial charge in [-0.15, -0.1) is 0 Å². The number of hydrogen-bond acceptors (Lipinski definition) is 6. The fourth-order valence-electron chi connectivity index (χ4n) is 3.26. The largest absolute Gasteiger partial charge is 0.271 e. The number of aryl methyl sites for hydroxylation is 1. The highest BCUT2D eigenvalue weighted by Crippen LogP contribution is 2.26. The molecule has 0 aliphatic heterocycles. The number of benzene rings is 3. The van der Waals surface area contributed by atoms with Crippen molar-refractivity contribution < 1.29 is 18.1 Å². The summed E-state index contributed by atoms with van der Waals surface area (Å²) < 4.78 is 27.9. The number of nitrogens with one attached hydrogen (secondary N) is 1. The van der Waals surface area contributed by atoms with E-state index < -0.39 is 27.4 Å². The van der Waals surface area contributed by atoms with Crippen molar-refractivity contribution in [2.24, 2.45) is 5.10 Å². The molecule has 0 bridgehead atoms. The molecular formula is C25H25ClN4O5S. The number of non-ortho nitro benzene ring substituents is 1. The highest BCUT2D eigenvalue weighted by molar-refractivity contribution is 7.92. The Kier molecular flexibility index (Phi) is 8.44. The molecule has 0 radical (unpaired) electrons. The number of hydrogen-bond donors (Lipinski definition) is 1. The minimum atomic E-state index is -4.07. The summed E-state index contributed by atoms with van der Waals surface area (Å²) in [5.41, 5.74) is 4.54. The molecule has 0 aliphatic carbocycles. The van der Waals surface area contributed by atoms with Crippen LogP contribution in [0.3, 0.4) is 0 Å². The van der Waals surface area contributed by atoms with E-state index in [0.717, 1.165) is 21.6 Å². The van der Waals surface area contributed by atoms with Gasteiger partial charge in [-0.1, -0.05) is 55.3 Å². The summed E-state index contributed by atoms with van der Waals surface area (Å²) in [6, 6.07) is 17.1. The first-order chi connectivity index (χ1) is 17.0. The summed E-state index contributed by atoms with van der Waals surface area (Å²) in [7, 11) is -4.07. The smallest absolute Gasteiger partial charge is 0.270 e. The zero-order chi connectivity index (χ0) is 26.5. The average molecular weight is 529 g/mol. The molecule has 3 rings (SSSR count). The molecule has 0 saturated heterocycles. The Balaban J connectivity index is 1.87. The fraction of sp³-hybridized carbons (Fsp3) is 0.200.